The zero-order valence-corrected chi connectivity index (χ0v) is 16.7. The van der Waals surface area contributed by atoms with Crippen molar-refractivity contribution in [2.24, 2.45) is 11.7 Å². The summed E-state index contributed by atoms with van der Waals surface area (Å²) >= 11 is 6.19. The van der Waals surface area contributed by atoms with Crippen molar-refractivity contribution in [1.29, 1.82) is 0 Å². The molecule has 1 fully saturated rings. The molecule has 0 heterocycles. The number of halogens is 2. The number of carbonyl (C=O) groups excluding carboxylic acids is 2. The van der Waals surface area contributed by atoms with Crippen LogP contribution in [0.3, 0.4) is 0 Å². The molecule has 1 saturated carbocycles. The lowest BCUT2D eigenvalue weighted by molar-refractivity contribution is -0.122. The summed E-state index contributed by atoms with van der Waals surface area (Å²) in [5, 5.41) is 5.87. The van der Waals surface area contributed by atoms with Gasteiger partial charge in [0.05, 0.1) is 23.1 Å². The average Bonchev–Trinajstić information content (AvgIpc) is 2.54. The van der Waals surface area contributed by atoms with Crippen LogP contribution in [-0.2, 0) is 9.53 Å². The zero-order valence-electron chi connectivity index (χ0n) is 15.1. The Balaban J connectivity index is 0.00000338. The summed E-state index contributed by atoms with van der Waals surface area (Å²) in [6.07, 6.45) is 3.68. The van der Waals surface area contributed by atoms with Crippen LogP contribution < -0.4 is 16.4 Å². The molecule has 1 aromatic rings. The van der Waals surface area contributed by atoms with Crippen LogP contribution in [0.5, 0.6) is 0 Å². The van der Waals surface area contributed by atoms with Crippen molar-refractivity contribution < 1.29 is 14.3 Å². The molecule has 2 unspecified atom stereocenters. The molecule has 0 aliphatic heterocycles. The van der Waals surface area contributed by atoms with Crippen molar-refractivity contribution >= 4 is 41.5 Å². The Morgan fingerprint density at radius 2 is 2.12 bits per heavy atom. The number of ether oxygens (including phenoxy) is 1. The second kappa shape index (κ2) is 10.1. The van der Waals surface area contributed by atoms with Gasteiger partial charge in [-0.1, -0.05) is 24.4 Å². The molecule has 2 amide bonds. The number of methoxy groups -OCH3 is 1. The Hall–Kier alpha value is -1.34. The maximum atomic E-state index is 12.6. The number of amides is 2. The lowest BCUT2D eigenvalue weighted by Crippen LogP contribution is -2.51. The monoisotopic (exact) mass is 403 g/mol. The number of nitrogens with two attached hydrogens (primary N) is 1. The highest BCUT2D eigenvalue weighted by molar-refractivity contribution is 6.34. The standard InChI is InChI=1S/C18H26ClN3O3.ClH/c1-18(20)8-4-3-5-14(18)17(24)22-12-6-7-13(15(19)11-12)16(23)21-9-10-25-2;/h6-7,11,14H,3-5,8-10,20H2,1-2H3,(H,21,23)(H,22,24);1H. The first-order valence-electron chi connectivity index (χ1n) is 8.51. The van der Waals surface area contributed by atoms with Gasteiger partial charge in [-0.2, -0.15) is 0 Å². The van der Waals surface area contributed by atoms with E-state index in [2.05, 4.69) is 10.6 Å². The number of benzene rings is 1. The molecule has 0 saturated heterocycles. The van der Waals surface area contributed by atoms with Gasteiger partial charge in [0.15, 0.2) is 0 Å². The Kier molecular flexibility index (Phi) is 8.83. The van der Waals surface area contributed by atoms with Crippen molar-refractivity contribution in [3.63, 3.8) is 0 Å². The summed E-state index contributed by atoms with van der Waals surface area (Å²) in [4.78, 5) is 24.6. The second-order valence-electron chi connectivity index (χ2n) is 6.74. The second-order valence-corrected chi connectivity index (χ2v) is 7.14. The van der Waals surface area contributed by atoms with E-state index in [9.17, 15) is 9.59 Å². The first kappa shape index (κ1) is 22.7. The van der Waals surface area contributed by atoms with E-state index in [-0.39, 0.29) is 35.2 Å². The first-order valence-corrected chi connectivity index (χ1v) is 8.89. The number of hydrogen-bond acceptors (Lipinski definition) is 4. The third-order valence-corrected chi connectivity index (χ3v) is 4.96. The van der Waals surface area contributed by atoms with E-state index in [1.54, 1.807) is 25.3 Å². The molecule has 1 aliphatic rings. The molecule has 2 atom stereocenters. The minimum Gasteiger partial charge on any atom is -0.383 e. The normalized spacial score (nSPS) is 22.2. The van der Waals surface area contributed by atoms with Crippen LogP contribution in [0.15, 0.2) is 18.2 Å². The highest BCUT2D eigenvalue weighted by Crippen LogP contribution is 2.32. The summed E-state index contributed by atoms with van der Waals surface area (Å²) in [6, 6.07) is 4.86. The van der Waals surface area contributed by atoms with E-state index in [0.717, 1.165) is 25.7 Å². The maximum absolute atomic E-state index is 12.6. The van der Waals surface area contributed by atoms with Gasteiger partial charge in [-0.15, -0.1) is 12.4 Å². The molecular formula is C18H27Cl2N3O3. The van der Waals surface area contributed by atoms with Crippen molar-refractivity contribution in [1.82, 2.24) is 5.32 Å². The fourth-order valence-corrected chi connectivity index (χ4v) is 3.42. The smallest absolute Gasteiger partial charge is 0.252 e. The van der Waals surface area contributed by atoms with Crippen LogP contribution in [0.4, 0.5) is 5.69 Å². The van der Waals surface area contributed by atoms with Gasteiger partial charge in [-0.3, -0.25) is 9.59 Å². The van der Waals surface area contributed by atoms with Crippen molar-refractivity contribution in [2.45, 2.75) is 38.1 Å². The van der Waals surface area contributed by atoms with Crippen molar-refractivity contribution in [3.8, 4) is 0 Å². The Morgan fingerprint density at radius 1 is 1.38 bits per heavy atom. The minimum atomic E-state index is -0.493. The number of anilines is 1. The molecule has 0 spiro atoms. The fraction of sp³-hybridized carbons (Fsp3) is 0.556. The summed E-state index contributed by atoms with van der Waals surface area (Å²) < 4.78 is 4.89. The number of carbonyl (C=O) groups is 2. The number of nitrogens with one attached hydrogen (secondary N) is 2. The van der Waals surface area contributed by atoms with Crippen molar-refractivity contribution in [2.75, 3.05) is 25.6 Å². The highest BCUT2D eigenvalue weighted by atomic mass is 35.5. The molecule has 0 radical (unpaired) electrons. The summed E-state index contributed by atoms with van der Waals surface area (Å²) in [5.74, 6) is -0.600. The lowest BCUT2D eigenvalue weighted by Gasteiger charge is -2.37. The lowest BCUT2D eigenvalue weighted by atomic mass is 9.74. The van der Waals surface area contributed by atoms with E-state index in [1.807, 2.05) is 6.92 Å². The molecule has 8 heteroatoms. The zero-order chi connectivity index (χ0) is 18.4. The topological polar surface area (TPSA) is 93.5 Å². The van der Waals surface area contributed by atoms with Gasteiger partial charge in [0.2, 0.25) is 5.91 Å². The minimum absolute atomic E-state index is 0. The van der Waals surface area contributed by atoms with E-state index < -0.39 is 5.54 Å². The summed E-state index contributed by atoms with van der Waals surface area (Å²) in [6.45, 7) is 2.76. The van der Waals surface area contributed by atoms with Crippen LogP contribution in [0, 0.1) is 5.92 Å². The molecule has 146 valence electrons. The van der Waals surface area contributed by atoms with Gasteiger partial charge in [-0.05, 0) is 38.0 Å². The van der Waals surface area contributed by atoms with E-state index >= 15 is 0 Å². The molecule has 4 N–H and O–H groups in total. The molecule has 26 heavy (non-hydrogen) atoms. The van der Waals surface area contributed by atoms with Crippen LogP contribution in [0.25, 0.3) is 0 Å². The molecule has 6 nitrogen and oxygen atoms in total. The molecule has 1 aliphatic carbocycles. The van der Waals surface area contributed by atoms with Gasteiger partial charge in [0.1, 0.15) is 0 Å². The number of hydrogen-bond donors (Lipinski definition) is 3. The molecule has 0 bridgehead atoms. The molecular weight excluding hydrogens is 377 g/mol. The van der Waals surface area contributed by atoms with Crippen LogP contribution in [-0.4, -0.2) is 37.6 Å². The largest absolute Gasteiger partial charge is 0.383 e. The third-order valence-electron chi connectivity index (χ3n) is 4.64. The highest BCUT2D eigenvalue weighted by Gasteiger charge is 2.37. The van der Waals surface area contributed by atoms with Crippen LogP contribution >= 0.6 is 24.0 Å². The van der Waals surface area contributed by atoms with Crippen molar-refractivity contribution in [3.05, 3.63) is 28.8 Å². The van der Waals surface area contributed by atoms with E-state index in [0.29, 0.717) is 24.4 Å². The summed E-state index contributed by atoms with van der Waals surface area (Å²) in [5.41, 5.74) is 6.70. The van der Waals surface area contributed by atoms with Gasteiger partial charge in [0.25, 0.3) is 5.91 Å². The first-order chi connectivity index (χ1) is 11.8. The summed E-state index contributed by atoms with van der Waals surface area (Å²) in [7, 11) is 1.56. The Labute approximate surface area is 165 Å². The van der Waals surface area contributed by atoms with Gasteiger partial charge < -0.3 is 21.1 Å². The average molecular weight is 404 g/mol. The quantitative estimate of drug-likeness (QED) is 0.636. The third kappa shape index (κ3) is 5.84. The molecule has 0 aromatic heterocycles. The van der Waals surface area contributed by atoms with Gasteiger partial charge in [-0.25, -0.2) is 0 Å². The Morgan fingerprint density at radius 3 is 2.73 bits per heavy atom. The maximum Gasteiger partial charge on any atom is 0.252 e. The van der Waals surface area contributed by atoms with Crippen LogP contribution in [0.1, 0.15) is 43.0 Å². The van der Waals surface area contributed by atoms with Gasteiger partial charge in [0, 0.05) is 24.9 Å². The Bertz CT molecular complexity index is 638. The predicted octanol–water partition coefficient (Wildman–Crippen LogP) is 2.98. The van der Waals surface area contributed by atoms with E-state index in [1.165, 1.54) is 0 Å². The molecule has 2 rings (SSSR count). The van der Waals surface area contributed by atoms with Crippen LogP contribution in [0.2, 0.25) is 5.02 Å². The van der Waals surface area contributed by atoms with Gasteiger partial charge >= 0.3 is 0 Å². The van der Waals surface area contributed by atoms with E-state index in [4.69, 9.17) is 22.1 Å². The number of rotatable bonds is 6. The predicted molar refractivity (Wildman–Crippen MR) is 106 cm³/mol. The SMILES string of the molecule is COCCNC(=O)c1ccc(NC(=O)C2CCCCC2(C)N)cc1Cl.Cl. The fourth-order valence-electron chi connectivity index (χ4n) is 3.16. The molecule has 1 aromatic carbocycles.